The first-order valence-electron chi connectivity index (χ1n) is 7.38. The van der Waals surface area contributed by atoms with Gasteiger partial charge in [-0.1, -0.05) is 18.6 Å². The van der Waals surface area contributed by atoms with Crippen LogP contribution in [0.1, 0.15) is 49.7 Å². The van der Waals surface area contributed by atoms with Gasteiger partial charge in [0.05, 0.1) is 6.04 Å². The average molecular weight is 405 g/mol. The van der Waals surface area contributed by atoms with Crippen molar-refractivity contribution in [3.05, 3.63) is 29.3 Å². The van der Waals surface area contributed by atoms with Crippen LogP contribution in [0, 0.1) is 12.3 Å². The van der Waals surface area contributed by atoms with Crippen molar-refractivity contribution >= 4 is 23.2 Å². The van der Waals surface area contributed by atoms with E-state index in [-0.39, 0.29) is 0 Å². The predicted molar refractivity (Wildman–Crippen MR) is 86.1 cm³/mol. The number of aliphatic imine (C=N–C) groups is 1. The second kappa shape index (κ2) is 8.13. The number of aryl methyl sites for hydroxylation is 1. The van der Waals surface area contributed by atoms with Crippen LogP contribution in [0.25, 0.3) is 0 Å². The van der Waals surface area contributed by atoms with Gasteiger partial charge in [0.15, 0.2) is 0 Å². The average Bonchev–Trinajstić information content (AvgIpc) is 3.20. The van der Waals surface area contributed by atoms with Crippen LogP contribution in [0.5, 0.6) is 5.75 Å². The van der Waals surface area contributed by atoms with Gasteiger partial charge >= 0.3 is 37.9 Å². The number of halogens is 2. The van der Waals surface area contributed by atoms with Crippen molar-refractivity contribution in [1.82, 2.24) is 0 Å². The molecule has 2 aliphatic carbocycles. The number of hydrogen-bond acceptors (Lipinski definition) is 2. The summed E-state index contributed by atoms with van der Waals surface area (Å²) in [7, 11) is 9.87. The molecule has 0 saturated heterocycles. The zero-order valence-electron chi connectivity index (χ0n) is 12.3. The fourth-order valence-corrected chi connectivity index (χ4v) is 3.15. The number of hydrogen-bond donors (Lipinski definition) is 1. The molecular weight excluding hydrogens is 384 g/mol. The number of aromatic hydroxyl groups is 1. The number of rotatable bonds is 2. The number of para-hydroxylation sites is 1. The van der Waals surface area contributed by atoms with Crippen LogP contribution in [0.2, 0.25) is 0 Å². The number of phenolic OH excluding ortho intramolecular Hbond substituents is 1. The van der Waals surface area contributed by atoms with Gasteiger partial charge in [0.2, 0.25) is 0 Å². The molecule has 114 valence electrons. The molecule has 1 atom stereocenters. The summed E-state index contributed by atoms with van der Waals surface area (Å²) in [5, 5.41) is 9.95. The molecule has 3 rings (SSSR count). The fourth-order valence-electron chi connectivity index (χ4n) is 3.15. The molecule has 0 aliphatic heterocycles. The summed E-state index contributed by atoms with van der Waals surface area (Å²) in [6.07, 6.45) is 9.90. The van der Waals surface area contributed by atoms with Crippen LogP contribution in [-0.4, -0.2) is 17.4 Å². The third kappa shape index (κ3) is 5.08. The molecule has 0 bridgehead atoms. The van der Waals surface area contributed by atoms with E-state index in [9.17, 15) is 5.11 Å². The SMILES string of the molecule is Cc1cccc(C=NC2CCCC3(CC3)C2)c1O.[Cl][Zr][Cl]. The quantitative estimate of drug-likeness (QED) is 0.673. The van der Waals surface area contributed by atoms with Crippen molar-refractivity contribution in [2.75, 3.05) is 0 Å². The van der Waals surface area contributed by atoms with Crippen molar-refractivity contribution in [2.45, 2.75) is 51.5 Å². The molecule has 2 nitrogen and oxygen atoms in total. The summed E-state index contributed by atoms with van der Waals surface area (Å²) in [4.78, 5) is 4.71. The Hall–Kier alpha value is 0.153. The Kier molecular flexibility index (Phi) is 6.78. The molecule has 0 amide bonds. The number of phenols is 1. The summed E-state index contributed by atoms with van der Waals surface area (Å²) in [5.74, 6) is 0.373. The van der Waals surface area contributed by atoms with E-state index >= 15 is 0 Å². The van der Waals surface area contributed by atoms with Gasteiger partial charge < -0.3 is 5.11 Å². The van der Waals surface area contributed by atoms with E-state index in [1.165, 1.54) is 38.5 Å². The minimum atomic E-state index is -0.826. The molecule has 2 aliphatic rings. The van der Waals surface area contributed by atoms with Crippen molar-refractivity contribution in [3.63, 3.8) is 0 Å². The zero-order valence-corrected chi connectivity index (χ0v) is 16.2. The minimum absolute atomic E-state index is 0.373. The Labute approximate surface area is 145 Å². The van der Waals surface area contributed by atoms with Crippen LogP contribution in [0.4, 0.5) is 0 Å². The zero-order chi connectivity index (χ0) is 15.3. The van der Waals surface area contributed by atoms with E-state index in [1.807, 2.05) is 31.3 Å². The molecular formula is C16H21Cl2NOZr. The summed E-state index contributed by atoms with van der Waals surface area (Å²) < 4.78 is 0. The molecule has 1 aromatic rings. The van der Waals surface area contributed by atoms with E-state index in [4.69, 9.17) is 22.0 Å². The van der Waals surface area contributed by atoms with Crippen LogP contribution < -0.4 is 0 Å². The number of nitrogens with zero attached hydrogens (tertiary/aromatic N) is 1. The first-order valence-corrected chi connectivity index (χ1v) is 13.7. The fraction of sp³-hybridized carbons (Fsp3) is 0.562. The van der Waals surface area contributed by atoms with E-state index in [0.29, 0.717) is 17.2 Å². The van der Waals surface area contributed by atoms with Gasteiger partial charge in [0.1, 0.15) is 5.75 Å². The molecule has 2 fully saturated rings. The topological polar surface area (TPSA) is 32.6 Å². The van der Waals surface area contributed by atoms with Gasteiger partial charge in [0.25, 0.3) is 0 Å². The van der Waals surface area contributed by atoms with E-state index in [2.05, 4.69) is 0 Å². The Balaban J connectivity index is 0.000000497. The summed E-state index contributed by atoms with van der Waals surface area (Å²) in [6.45, 7) is 1.92. The van der Waals surface area contributed by atoms with Gasteiger partial charge in [-0.3, -0.25) is 4.99 Å². The Morgan fingerprint density at radius 2 is 2.05 bits per heavy atom. The molecule has 1 spiro atoms. The molecule has 5 heteroatoms. The van der Waals surface area contributed by atoms with Crippen molar-refractivity contribution < 1.29 is 26.0 Å². The summed E-state index contributed by atoms with van der Waals surface area (Å²) >= 11 is -0.826. The monoisotopic (exact) mass is 403 g/mol. The standard InChI is InChI=1S/C16H21NO.2ClH.Zr/c1-12-4-2-5-13(15(12)18)11-17-14-6-3-7-16(10-14)8-9-16;;;/h2,4-5,11,14,18H,3,6-10H2,1H3;2*1H;/q;;;+2/p-2. The van der Waals surface area contributed by atoms with Crippen LogP contribution in [0.15, 0.2) is 23.2 Å². The van der Waals surface area contributed by atoms with E-state index in [0.717, 1.165) is 11.1 Å². The Bertz CT molecular complexity index is 503. The van der Waals surface area contributed by atoms with E-state index in [1.54, 1.807) is 0 Å². The van der Waals surface area contributed by atoms with Crippen molar-refractivity contribution in [2.24, 2.45) is 10.4 Å². The first kappa shape index (κ1) is 17.5. The second-order valence-corrected chi connectivity index (χ2v) is 9.84. The van der Waals surface area contributed by atoms with Gasteiger partial charge in [-0.25, -0.2) is 0 Å². The normalized spacial score (nSPS) is 22.7. The first-order chi connectivity index (χ1) is 10.1. The second-order valence-electron chi connectivity index (χ2n) is 6.11. The summed E-state index contributed by atoms with van der Waals surface area (Å²) in [6, 6.07) is 6.30. The maximum absolute atomic E-state index is 9.95. The molecule has 0 radical (unpaired) electrons. The Morgan fingerprint density at radius 3 is 2.71 bits per heavy atom. The van der Waals surface area contributed by atoms with Gasteiger partial charge in [-0.15, -0.1) is 0 Å². The molecule has 1 unspecified atom stereocenters. The van der Waals surface area contributed by atoms with Crippen molar-refractivity contribution in [3.8, 4) is 5.75 Å². The molecule has 21 heavy (non-hydrogen) atoms. The summed E-state index contributed by atoms with van der Waals surface area (Å²) in [5.41, 5.74) is 2.43. The van der Waals surface area contributed by atoms with Crippen molar-refractivity contribution in [1.29, 1.82) is 0 Å². The number of benzene rings is 1. The van der Waals surface area contributed by atoms with Crippen LogP contribution in [0.3, 0.4) is 0 Å². The third-order valence-corrected chi connectivity index (χ3v) is 4.56. The molecule has 1 N–H and O–H groups in total. The van der Waals surface area contributed by atoms with Crippen LogP contribution >= 0.6 is 17.0 Å². The molecule has 0 aromatic heterocycles. The predicted octanol–water partition coefficient (Wildman–Crippen LogP) is 5.22. The van der Waals surface area contributed by atoms with E-state index < -0.39 is 20.8 Å². The maximum atomic E-state index is 9.95. The third-order valence-electron chi connectivity index (χ3n) is 4.56. The van der Waals surface area contributed by atoms with Crippen LogP contribution in [-0.2, 0) is 20.8 Å². The molecule has 0 heterocycles. The molecule has 2 saturated carbocycles. The van der Waals surface area contributed by atoms with Gasteiger partial charge in [0, 0.05) is 11.8 Å². The van der Waals surface area contributed by atoms with Gasteiger partial charge in [-0.05, 0) is 56.1 Å². The Morgan fingerprint density at radius 1 is 1.33 bits per heavy atom. The molecule has 1 aromatic carbocycles. The van der Waals surface area contributed by atoms with Gasteiger partial charge in [-0.2, -0.15) is 0 Å².